The number of primary amides is 1. The maximum absolute atomic E-state index is 12.4. The Morgan fingerprint density at radius 1 is 1.17 bits per heavy atom. The molecular formula is C21H21N3O6. The number of fused-ring (bicyclic) bond motifs is 1. The summed E-state index contributed by atoms with van der Waals surface area (Å²) >= 11 is 0. The quantitative estimate of drug-likeness (QED) is 0.693. The van der Waals surface area contributed by atoms with Crippen molar-refractivity contribution in [3.63, 3.8) is 0 Å². The second-order valence-electron chi connectivity index (χ2n) is 6.61. The van der Waals surface area contributed by atoms with Crippen LogP contribution in [0, 0.1) is 0 Å². The Morgan fingerprint density at radius 3 is 2.57 bits per heavy atom. The second kappa shape index (κ2) is 9.08. The van der Waals surface area contributed by atoms with Crippen molar-refractivity contribution in [2.75, 3.05) is 23.4 Å². The fourth-order valence-corrected chi connectivity index (χ4v) is 2.87. The number of para-hydroxylation sites is 2. The van der Waals surface area contributed by atoms with E-state index in [0.29, 0.717) is 22.7 Å². The summed E-state index contributed by atoms with van der Waals surface area (Å²) in [6.07, 6.45) is -0.971. The molecule has 0 aromatic heterocycles. The third kappa shape index (κ3) is 4.93. The fourth-order valence-electron chi connectivity index (χ4n) is 2.87. The predicted octanol–water partition coefficient (Wildman–Crippen LogP) is 1.47. The Labute approximate surface area is 172 Å². The van der Waals surface area contributed by atoms with Gasteiger partial charge in [-0.25, -0.2) is 0 Å². The number of esters is 1. The number of carbonyl (C=O) groups is 4. The first-order valence-corrected chi connectivity index (χ1v) is 9.27. The Morgan fingerprint density at radius 2 is 1.87 bits per heavy atom. The van der Waals surface area contributed by atoms with Crippen LogP contribution in [0.4, 0.5) is 11.4 Å². The molecule has 1 heterocycles. The van der Waals surface area contributed by atoms with E-state index in [1.165, 1.54) is 36.1 Å². The molecular weight excluding hydrogens is 390 g/mol. The molecule has 9 nitrogen and oxygen atoms in total. The van der Waals surface area contributed by atoms with Crippen LogP contribution in [-0.4, -0.2) is 42.9 Å². The first-order chi connectivity index (χ1) is 14.3. The lowest BCUT2D eigenvalue weighted by molar-refractivity contribution is -0.152. The van der Waals surface area contributed by atoms with E-state index in [1.54, 1.807) is 24.3 Å². The van der Waals surface area contributed by atoms with Crippen molar-refractivity contribution in [3.05, 3.63) is 54.1 Å². The van der Waals surface area contributed by atoms with Crippen LogP contribution in [0.2, 0.25) is 0 Å². The third-order valence-electron chi connectivity index (χ3n) is 4.43. The van der Waals surface area contributed by atoms with Crippen LogP contribution in [0.15, 0.2) is 48.5 Å². The highest BCUT2D eigenvalue weighted by atomic mass is 16.5. The van der Waals surface area contributed by atoms with E-state index in [1.807, 2.05) is 0 Å². The molecule has 0 bridgehead atoms. The lowest BCUT2D eigenvalue weighted by atomic mass is 10.2. The number of nitrogens with zero attached hydrogens (tertiary/aromatic N) is 1. The van der Waals surface area contributed by atoms with Crippen LogP contribution in [0.3, 0.4) is 0 Å². The number of nitrogens with two attached hydrogens (primary N) is 1. The summed E-state index contributed by atoms with van der Waals surface area (Å²) in [5, 5.41) is 2.58. The van der Waals surface area contributed by atoms with E-state index in [9.17, 15) is 19.2 Å². The van der Waals surface area contributed by atoms with Gasteiger partial charge in [0.05, 0.1) is 18.7 Å². The monoisotopic (exact) mass is 411 g/mol. The summed E-state index contributed by atoms with van der Waals surface area (Å²) in [4.78, 5) is 49.4. The first-order valence-electron chi connectivity index (χ1n) is 9.27. The van der Waals surface area contributed by atoms with Gasteiger partial charge in [0.15, 0.2) is 6.10 Å². The Balaban J connectivity index is 1.60. The largest absolute Gasteiger partial charge is 0.491 e. The summed E-state index contributed by atoms with van der Waals surface area (Å²) in [6.45, 7) is 1.30. The molecule has 1 atom stereocenters. The average molecular weight is 411 g/mol. The maximum atomic E-state index is 12.4. The minimum absolute atomic E-state index is 0.124. The van der Waals surface area contributed by atoms with E-state index < -0.39 is 23.9 Å². The van der Waals surface area contributed by atoms with E-state index in [0.717, 1.165) is 0 Å². The number of hydrogen-bond acceptors (Lipinski definition) is 6. The molecule has 1 aliphatic heterocycles. The molecule has 30 heavy (non-hydrogen) atoms. The van der Waals surface area contributed by atoms with Crippen LogP contribution in [-0.2, 0) is 19.1 Å². The normalized spacial score (nSPS) is 14.0. The van der Waals surface area contributed by atoms with Gasteiger partial charge in [0.1, 0.15) is 12.3 Å². The van der Waals surface area contributed by atoms with Gasteiger partial charge in [0, 0.05) is 11.3 Å². The fraction of sp³-hybridized carbons (Fsp3) is 0.238. The number of nitrogens with one attached hydrogen (secondary N) is 1. The molecule has 0 fully saturated rings. The van der Waals surface area contributed by atoms with Crippen molar-refractivity contribution in [2.45, 2.75) is 19.4 Å². The van der Waals surface area contributed by atoms with Crippen LogP contribution in [0.25, 0.3) is 0 Å². The Kier molecular flexibility index (Phi) is 6.31. The van der Waals surface area contributed by atoms with Gasteiger partial charge in [-0.2, -0.15) is 0 Å². The van der Waals surface area contributed by atoms with Gasteiger partial charge in [0.2, 0.25) is 11.8 Å². The van der Waals surface area contributed by atoms with Crippen molar-refractivity contribution >= 4 is 35.1 Å². The molecule has 2 aromatic carbocycles. The average Bonchev–Trinajstić information content (AvgIpc) is 2.87. The highest BCUT2D eigenvalue weighted by Crippen LogP contribution is 2.30. The highest BCUT2D eigenvalue weighted by Gasteiger charge is 2.27. The number of carbonyl (C=O) groups excluding carboxylic acids is 4. The topological polar surface area (TPSA) is 128 Å². The van der Waals surface area contributed by atoms with Gasteiger partial charge in [-0.1, -0.05) is 12.1 Å². The molecule has 0 unspecified atom stereocenters. The number of ether oxygens (including phenoxy) is 2. The number of hydrogen-bond donors (Lipinski definition) is 2. The standard InChI is InChI=1S/C21H21N3O6/c1-13(21(28)23-15-8-6-14(7-9-15)20(22)27)30-19(26)12-24-16-4-2-3-5-17(16)29-11-10-18(24)25/h2-9,13H,10-12H2,1H3,(H2,22,27)(H,23,28)/t13-/m0/s1. The van der Waals surface area contributed by atoms with Gasteiger partial charge >= 0.3 is 5.97 Å². The van der Waals surface area contributed by atoms with E-state index in [4.69, 9.17) is 15.2 Å². The van der Waals surface area contributed by atoms with E-state index in [2.05, 4.69) is 5.32 Å². The predicted molar refractivity (Wildman–Crippen MR) is 108 cm³/mol. The highest BCUT2D eigenvalue weighted by molar-refractivity contribution is 6.00. The number of rotatable bonds is 6. The molecule has 3 amide bonds. The summed E-state index contributed by atoms with van der Waals surface area (Å²) in [5.41, 5.74) is 6.37. The maximum Gasteiger partial charge on any atom is 0.326 e. The van der Waals surface area contributed by atoms with Gasteiger partial charge in [0.25, 0.3) is 5.91 Å². The molecule has 0 aliphatic carbocycles. The Hall–Kier alpha value is -3.88. The van der Waals surface area contributed by atoms with Crippen molar-refractivity contribution < 1.29 is 28.7 Å². The van der Waals surface area contributed by atoms with Gasteiger partial charge < -0.3 is 20.5 Å². The third-order valence-corrected chi connectivity index (χ3v) is 4.43. The molecule has 9 heteroatoms. The van der Waals surface area contributed by atoms with E-state index in [-0.39, 0.29) is 25.5 Å². The van der Waals surface area contributed by atoms with Crippen molar-refractivity contribution in [3.8, 4) is 5.75 Å². The summed E-state index contributed by atoms with van der Waals surface area (Å²) in [6, 6.07) is 12.9. The summed E-state index contributed by atoms with van der Waals surface area (Å²) < 4.78 is 10.7. The Bertz CT molecular complexity index is 973. The number of amides is 3. The second-order valence-corrected chi connectivity index (χ2v) is 6.61. The van der Waals surface area contributed by atoms with Crippen molar-refractivity contribution in [1.29, 1.82) is 0 Å². The minimum Gasteiger partial charge on any atom is -0.491 e. The SMILES string of the molecule is C[C@H](OC(=O)CN1C(=O)CCOc2ccccc21)C(=O)Nc1ccc(C(N)=O)cc1. The van der Waals surface area contributed by atoms with Crippen LogP contribution in [0.5, 0.6) is 5.75 Å². The lowest BCUT2D eigenvalue weighted by Crippen LogP contribution is -2.39. The molecule has 1 aliphatic rings. The van der Waals surface area contributed by atoms with Crippen molar-refractivity contribution in [1.82, 2.24) is 0 Å². The van der Waals surface area contributed by atoms with Gasteiger partial charge in [-0.05, 0) is 43.3 Å². The zero-order valence-electron chi connectivity index (χ0n) is 16.3. The molecule has 0 spiro atoms. The molecule has 2 aromatic rings. The van der Waals surface area contributed by atoms with E-state index >= 15 is 0 Å². The molecule has 156 valence electrons. The van der Waals surface area contributed by atoms with Gasteiger partial charge in [-0.15, -0.1) is 0 Å². The summed E-state index contributed by atoms with van der Waals surface area (Å²) in [5.74, 6) is -1.64. The van der Waals surface area contributed by atoms with Crippen LogP contribution < -0.4 is 20.7 Å². The molecule has 0 radical (unpaired) electrons. The van der Waals surface area contributed by atoms with Crippen LogP contribution in [0.1, 0.15) is 23.7 Å². The van der Waals surface area contributed by atoms with Gasteiger partial charge in [-0.3, -0.25) is 24.1 Å². The van der Waals surface area contributed by atoms with Crippen LogP contribution >= 0.6 is 0 Å². The summed E-state index contributed by atoms with van der Waals surface area (Å²) in [7, 11) is 0. The zero-order chi connectivity index (χ0) is 21.7. The molecule has 0 saturated heterocycles. The minimum atomic E-state index is -1.10. The molecule has 3 rings (SSSR count). The van der Waals surface area contributed by atoms with Crippen molar-refractivity contribution in [2.24, 2.45) is 5.73 Å². The lowest BCUT2D eigenvalue weighted by Gasteiger charge is -2.22. The number of anilines is 2. The molecule has 3 N–H and O–H groups in total. The first kappa shape index (κ1) is 20.8. The number of benzene rings is 2. The smallest absolute Gasteiger partial charge is 0.326 e. The molecule has 0 saturated carbocycles. The zero-order valence-corrected chi connectivity index (χ0v) is 16.3.